The van der Waals surface area contributed by atoms with E-state index in [0.29, 0.717) is 0 Å². The summed E-state index contributed by atoms with van der Waals surface area (Å²) in [6, 6.07) is 5.36. The van der Waals surface area contributed by atoms with Crippen LogP contribution in [0.5, 0.6) is 0 Å². The van der Waals surface area contributed by atoms with Crippen molar-refractivity contribution in [1.29, 1.82) is 0 Å². The highest BCUT2D eigenvalue weighted by Gasteiger charge is 2.24. The van der Waals surface area contributed by atoms with Crippen LogP contribution in [0.2, 0.25) is 0 Å². The lowest BCUT2D eigenvalue weighted by molar-refractivity contribution is -0.120. The quantitative estimate of drug-likeness (QED) is 0.869. The number of amides is 1. The largest absolute Gasteiger partial charge is 0.352 e. The standard InChI is InChI=1S/C14H21FN2O3S/c1-10(2)11(3)16-14(18)9-17(21(4,19)20)13-8-6-5-7-12(13)15/h5-8,10-11H,9H2,1-4H3,(H,16,18). The molecule has 0 spiro atoms. The van der Waals surface area contributed by atoms with Gasteiger partial charge < -0.3 is 5.32 Å². The predicted molar refractivity (Wildman–Crippen MR) is 81.0 cm³/mol. The molecule has 21 heavy (non-hydrogen) atoms. The molecule has 1 atom stereocenters. The van der Waals surface area contributed by atoms with Crippen LogP contribution in [0.3, 0.4) is 0 Å². The van der Waals surface area contributed by atoms with Gasteiger partial charge in [0.2, 0.25) is 15.9 Å². The molecule has 7 heteroatoms. The molecule has 0 saturated heterocycles. The van der Waals surface area contributed by atoms with Gasteiger partial charge in [0.1, 0.15) is 12.4 Å². The third-order valence-electron chi connectivity index (χ3n) is 3.20. The number of nitrogens with zero attached hydrogens (tertiary/aromatic N) is 1. The van der Waals surface area contributed by atoms with Gasteiger partial charge in [0.25, 0.3) is 0 Å². The Kier molecular flexibility index (Phi) is 5.71. The van der Waals surface area contributed by atoms with Gasteiger partial charge in [0.05, 0.1) is 11.9 Å². The second-order valence-corrected chi connectivity index (χ2v) is 7.23. The van der Waals surface area contributed by atoms with Gasteiger partial charge in [-0.05, 0) is 25.0 Å². The lowest BCUT2D eigenvalue weighted by Gasteiger charge is -2.24. The summed E-state index contributed by atoms with van der Waals surface area (Å²) in [6.07, 6.45) is 0.943. The molecule has 1 N–H and O–H groups in total. The summed E-state index contributed by atoms with van der Waals surface area (Å²) >= 11 is 0. The van der Waals surface area contributed by atoms with E-state index in [9.17, 15) is 17.6 Å². The molecule has 0 aliphatic rings. The van der Waals surface area contributed by atoms with Crippen LogP contribution in [0.25, 0.3) is 0 Å². The van der Waals surface area contributed by atoms with Crippen molar-refractivity contribution in [3.8, 4) is 0 Å². The van der Waals surface area contributed by atoms with E-state index in [-0.39, 0.29) is 17.6 Å². The molecule has 1 aromatic rings. The van der Waals surface area contributed by atoms with Crippen LogP contribution in [0, 0.1) is 11.7 Å². The minimum absolute atomic E-state index is 0.0977. The summed E-state index contributed by atoms with van der Waals surface area (Å²) in [7, 11) is -3.76. The number of carbonyl (C=O) groups excluding carboxylic acids is 1. The van der Waals surface area contributed by atoms with E-state index in [4.69, 9.17) is 0 Å². The monoisotopic (exact) mass is 316 g/mol. The van der Waals surface area contributed by atoms with Crippen molar-refractivity contribution in [2.24, 2.45) is 5.92 Å². The molecular formula is C14H21FN2O3S. The molecule has 1 rings (SSSR count). The first-order valence-corrected chi connectivity index (χ1v) is 8.49. The Bertz CT molecular complexity index is 602. The van der Waals surface area contributed by atoms with Gasteiger partial charge in [-0.25, -0.2) is 12.8 Å². The normalized spacial score (nSPS) is 13.0. The molecule has 1 aromatic carbocycles. The second-order valence-electron chi connectivity index (χ2n) is 5.32. The van der Waals surface area contributed by atoms with Gasteiger partial charge in [-0.2, -0.15) is 0 Å². The summed E-state index contributed by atoms with van der Waals surface area (Å²) < 4.78 is 38.2. The van der Waals surface area contributed by atoms with Crippen LogP contribution in [0.15, 0.2) is 24.3 Å². The molecule has 0 saturated carbocycles. The fraction of sp³-hybridized carbons (Fsp3) is 0.500. The number of hydrogen-bond acceptors (Lipinski definition) is 3. The molecule has 1 amide bonds. The third-order valence-corrected chi connectivity index (χ3v) is 4.32. The number of hydrogen-bond donors (Lipinski definition) is 1. The highest BCUT2D eigenvalue weighted by atomic mass is 32.2. The second kappa shape index (κ2) is 6.89. The lowest BCUT2D eigenvalue weighted by Crippen LogP contribution is -2.44. The minimum Gasteiger partial charge on any atom is -0.352 e. The zero-order valence-corrected chi connectivity index (χ0v) is 13.4. The number of para-hydroxylation sites is 1. The zero-order valence-electron chi connectivity index (χ0n) is 12.6. The summed E-state index contributed by atoms with van der Waals surface area (Å²) in [5.41, 5.74) is -0.132. The maximum absolute atomic E-state index is 13.8. The summed E-state index contributed by atoms with van der Waals surface area (Å²) in [5, 5.41) is 2.70. The first-order valence-electron chi connectivity index (χ1n) is 6.64. The Morgan fingerprint density at radius 3 is 2.33 bits per heavy atom. The molecule has 5 nitrogen and oxygen atoms in total. The number of rotatable bonds is 6. The van der Waals surface area contributed by atoms with E-state index in [1.807, 2.05) is 20.8 Å². The molecular weight excluding hydrogens is 295 g/mol. The third kappa shape index (κ3) is 5.00. The molecule has 0 aliphatic carbocycles. The Morgan fingerprint density at radius 1 is 1.29 bits per heavy atom. The first-order chi connectivity index (χ1) is 9.62. The van der Waals surface area contributed by atoms with Crippen LogP contribution >= 0.6 is 0 Å². The van der Waals surface area contributed by atoms with Crippen molar-refractivity contribution in [3.05, 3.63) is 30.1 Å². The van der Waals surface area contributed by atoms with Crippen molar-refractivity contribution >= 4 is 21.6 Å². The smallest absolute Gasteiger partial charge is 0.240 e. The van der Waals surface area contributed by atoms with Gasteiger partial charge in [-0.1, -0.05) is 26.0 Å². The van der Waals surface area contributed by atoms with Crippen LogP contribution in [-0.4, -0.2) is 33.2 Å². The Morgan fingerprint density at radius 2 is 1.86 bits per heavy atom. The van der Waals surface area contributed by atoms with Crippen molar-refractivity contribution in [2.75, 3.05) is 17.1 Å². The average molecular weight is 316 g/mol. The van der Waals surface area contributed by atoms with Gasteiger partial charge in [-0.3, -0.25) is 9.10 Å². The highest BCUT2D eigenvalue weighted by Crippen LogP contribution is 2.21. The first kappa shape index (κ1) is 17.4. The van der Waals surface area contributed by atoms with Crippen LogP contribution in [0.4, 0.5) is 10.1 Å². The maximum Gasteiger partial charge on any atom is 0.240 e. The minimum atomic E-state index is -3.76. The molecule has 118 valence electrons. The van der Waals surface area contributed by atoms with Crippen molar-refractivity contribution in [3.63, 3.8) is 0 Å². The van der Waals surface area contributed by atoms with E-state index in [1.165, 1.54) is 18.2 Å². The zero-order chi connectivity index (χ0) is 16.2. The summed E-state index contributed by atoms with van der Waals surface area (Å²) in [4.78, 5) is 12.0. The molecule has 0 bridgehead atoms. The average Bonchev–Trinajstić information content (AvgIpc) is 2.35. The maximum atomic E-state index is 13.8. The number of sulfonamides is 1. The topological polar surface area (TPSA) is 66.5 Å². The number of anilines is 1. The number of halogens is 1. The Balaban J connectivity index is 2.97. The van der Waals surface area contributed by atoms with E-state index < -0.39 is 28.3 Å². The Hall–Kier alpha value is -1.63. The van der Waals surface area contributed by atoms with Gasteiger partial charge in [0, 0.05) is 6.04 Å². The molecule has 0 aliphatic heterocycles. The summed E-state index contributed by atoms with van der Waals surface area (Å²) in [6.45, 7) is 5.26. The molecule has 0 heterocycles. The number of carbonyl (C=O) groups is 1. The SMILES string of the molecule is CC(C)C(C)NC(=O)CN(c1ccccc1F)S(C)(=O)=O. The number of benzene rings is 1. The lowest BCUT2D eigenvalue weighted by atomic mass is 10.1. The fourth-order valence-electron chi connectivity index (χ4n) is 1.63. The van der Waals surface area contributed by atoms with Crippen molar-refractivity contribution in [1.82, 2.24) is 5.32 Å². The van der Waals surface area contributed by atoms with E-state index in [0.717, 1.165) is 16.6 Å². The molecule has 1 unspecified atom stereocenters. The summed E-state index contributed by atoms with van der Waals surface area (Å²) in [5.74, 6) is -0.938. The van der Waals surface area contributed by atoms with Crippen LogP contribution in [0.1, 0.15) is 20.8 Å². The van der Waals surface area contributed by atoms with E-state index in [1.54, 1.807) is 0 Å². The van der Waals surface area contributed by atoms with Crippen molar-refractivity contribution in [2.45, 2.75) is 26.8 Å². The van der Waals surface area contributed by atoms with Gasteiger partial charge in [-0.15, -0.1) is 0 Å². The fourth-order valence-corrected chi connectivity index (χ4v) is 2.49. The molecule has 0 fully saturated rings. The van der Waals surface area contributed by atoms with Crippen molar-refractivity contribution < 1.29 is 17.6 Å². The highest BCUT2D eigenvalue weighted by molar-refractivity contribution is 7.92. The van der Waals surface area contributed by atoms with Gasteiger partial charge in [0.15, 0.2) is 0 Å². The molecule has 0 aromatic heterocycles. The van der Waals surface area contributed by atoms with E-state index >= 15 is 0 Å². The predicted octanol–water partition coefficient (Wildman–Crippen LogP) is 1.75. The Labute approximate surface area is 125 Å². The number of nitrogens with one attached hydrogen (secondary N) is 1. The van der Waals surface area contributed by atoms with Crippen LogP contribution < -0.4 is 9.62 Å². The molecule has 0 radical (unpaired) electrons. The van der Waals surface area contributed by atoms with E-state index in [2.05, 4.69) is 5.32 Å². The van der Waals surface area contributed by atoms with Crippen LogP contribution in [-0.2, 0) is 14.8 Å². The van der Waals surface area contributed by atoms with Gasteiger partial charge >= 0.3 is 0 Å².